The minimum atomic E-state index is -0.0336. The molecule has 4 heteroatoms. The van der Waals surface area contributed by atoms with Gasteiger partial charge in [0.25, 0.3) is 0 Å². The highest BCUT2D eigenvalue weighted by molar-refractivity contribution is 7.80. The summed E-state index contributed by atoms with van der Waals surface area (Å²) in [5, 5.41) is 3.69. The van der Waals surface area contributed by atoms with Gasteiger partial charge in [-0.05, 0) is 12.2 Å². The molecule has 0 saturated carbocycles. The first-order valence-corrected chi connectivity index (χ1v) is 3.65. The summed E-state index contributed by atoms with van der Waals surface area (Å²) in [5.74, 6) is 0. The van der Waals surface area contributed by atoms with Crippen LogP contribution in [-0.2, 0) is 9.47 Å². The summed E-state index contributed by atoms with van der Waals surface area (Å²) in [5.41, 5.74) is 0. The molecule has 58 valence electrons. The van der Waals surface area contributed by atoms with Crippen LogP contribution in [0.2, 0.25) is 0 Å². The van der Waals surface area contributed by atoms with Gasteiger partial charge in [-0.2, -0.15) is 0 Å². The van der Waals surface area contributed by atoms with Crippen LogP contribution in [-0.4, -0.2) is 38.0 Å². The molecule has 1 fully saturated rings. The maximum Gasteiger partial charge on any atom is 0.189 e. The van der Waals surface area contributed by atoms with Crippen molar-refractivity contribution in [3.8, 4) is 0 Å². The number of hydrogen-bond acceptors (Lipinski definition) is 4. The smallest absolute Gasteiger partial charge is 0.189 e. The second-order valence-electron chi connectivity index (χ2n) is 2.09. The van der Waals surface area contributed by atoms with Gasteiger partial charge < -0.3 is 14.8 Å². The average molecular weight is 161 g/mol. The van der Waals surface area contributed by atoms with Gasteiger partial charge in [0.1, 0.15) is 6.10 Å². The van der Waals surface area contributed by atoms with Gasteiger partial charge in [-0.3, -0.25) is 0 Å². The monoisotopic (exact) mass is 161 g/mol. The highest BCUT2D eigenvalue weighted by Crippen LogP contribution is 1.99. The lowest BCUT2D eigenvalue weighted by Gasteiger charge is -2.22. The van der Waals surface area contributed by atoms with Crippen LogP contribution in [0.15, 0.2) is 0 Å². The molecule has 10 heavy (non-hydrogen) atoms. The van der Waals surface area contributed by atoms with Gasteiger partial charge in [-0.25, -0.2) is 0 Å². The average Bonchev–Trinajstić information content (AvgIpc) is 2.05. The number of thiocarbonyl (C=S) groups is 1. The van der Waals surface area contributed by atoms with Gasteiger partial charge >= 0.3 is 0 Å². The fourth-order valence-corrected chi connectivity index (χ4v) is 1.000. The Labute approximate surface area is 65.7 Å². The van der Waals surface area contributed by atoms with E-state index in [0.29, 0.717) is 11.7 Å². The zero-order valence-electron chi connectivity index (χ0n) is 5.92. The fraction of sp³-hybridized carbons (Fsp3) is 0.833. The van der Waals surface area contributed by atoms with Crippen molar-refractivity contribution >= 4 is 17.3 Å². The molecular formula is C6H11NO2S. The van der Waals surface area contributed by atoms with Crippen molar-refractivity contribution in [2.45, 2.75) is 6.10 Å². The molecule has 0 aliphatic carbocycles. The molecule has 1 atom stereocenters. The highest BCUT2D eigenvalue weighted by atomic mass is 32.1. The third kappa shape index (κ3) is 1.90. The molecule has 0 radical (unpaired) electrons. The number of hydrogen-bond donors (Lipinski definition) is 1. The summed E-state index contributed by atoms with van der Waals surface area (Å²) in [7, 11) is 1.57. The summed E-state index contributed by atoms with van der Waals surface area (Å²) < 4.78 is 10.2. The maximum atomic E-state index is 5.30. The molecular weight excluding hydrogens is 150 g/mol. The zero-order valence-corrected chi connectivity index (χ0v) is 6.74. The standard InChI is InChI=1S/C6H11NO2S/c1-8-6(10)5-4-7-2-3-9-5/h5,7H,2-4H2,1H3. The number of rotatable bonds is 1. The minimum absolute atomic E-state index is 0.0336. The molecule has 3 nitrogen and oxygen atoms in total. The number of ether oxygens (including phenoxy) is 2. The van der Waals surface area contributed by atoms with E-state index < -0.39 is 0 Å². The summed E-state index contributed by atoms with van der Waals surface area (Å²) in [4.78, 5) is 0. The molecule has 1 rings (SSSR count). The Morgan fingerprint density at radius 3 is 3.10 bits per heavy atom. The molecule has 1 N–H and O–H groups in total. The third-order valence-electron chi connectivity index (χ3n) is 1.39. The molecule has 1 aliphatic rings. The van der Waals surface area contributed by atoms with Crippen molar-refractivity contribution in [3.05, 3.63) is 0 Å². The van der Waals surface area contributed by atoms with E-state index in [-0.39, 0.29) is 6.10 Å². The Bertz CT molecular complexity index is 123. The van der Waals surface area contributed by atoms with Crippen molar-refractivity contribution in [1.29, 1.82) is 0 Å². The van der Waals surface area contributed by atoms with E-state index in [2.05, 4.69) is 5.32 Å². The molecule has 1 heterocycles. The summed E-state index contributed by atoms with van der Waals surface area (Å²) >= 11 is 4.89. The van der Waals surface area contributed by atoms with E-state index >= 15 is 0 Å². The Morgan fingerprint density at radius 1 is 1.80 bits per heavy atom. The van der Waals surface area contributed by atoms with Crippen LogP contribution in [0, 0.1) is 0 Å². The Morgan fingerprint density at radius 2 is 2.60 bits per heavy atom. The first-order chi connectivity index (χ1) is 4.84. The van der Waals surface area contributed by atoms with Gasteiger partial charge in [0.2, 0.25) is 0 Å². The molecule has 0 aromatic rings. The lowest BCUT2D eigenvalue weighted by molar-refractivity contribution is 0.0600. The van der Waals surface area contributed by atoms with Crippen LogP contribution in [0.25, 0.3) is 0 Å². The van der Waals surface area contributed by atoms with E-state index in [0.717, 1.165) is 13.1 Å². The van der Waals surface area contributed by atoms with Crippen LogP contribution in [0.3, 0.4) is 0 Å². The molecule has 0 aromatic carbocycles. The van der Waals surface area contributed by atoms with E-state index in [1.54, 1.807) is 7.11 Å². The predicted molar refractivity (Wildman–Crippen MR) is 42.2 cm³/mol. The Hall–Kier alpha value is -0.190. The van der Waals surface area contributed by atoms with Crippen molar-refractivity contribution in [2.24, 2.45) is 0 Å². The first kappa shape index (κ1) is 7.91. The van der Waals surface area contributed by atoms with Gasteiger partial charge in [-0.1, -0.05) is 0 Å². The van der Waals surface area contributed by atoms with E-state index in [9.17, 15) is 0 Å². The summed E-state index contributed by atoms with van der Waals surface area (Å²) in [6.07, 6.45) is -0.0336. The zero-order chi connectivity index (χ0) is 7.40. The Balaban J connectivity index is 2.31. The van der Waals surface area contributed by atoms with Crippen LogP contribution in [0.4, 0.5) is 0 Å². The number of nitrogens with one attached hydrogen (secondary N) is 1. The predicted octanol–water partition coefficient (Wildman–Crippen LogP) is -0.0514. The largest absolute Gasteiger partial charge is 0.488 e. The van der Waals surface area contributed by atoms with Gasteiger partial charge in [0, 0.05) is 13.1 Å². The van der Waals surface area contributed by atoms with E-state index in [4.69, 9.17) is 21.7 Å². The van der Waals surface area contributed by atoms with Crippen molar-refractivity contribution < 1.29 is 9.47 Å². The maximum absolute atomic E-state index is 5.30. The van der Waals surface area contributed by atoms with Crippen LogP contribution < -0.4 is 5.32 Å². The molecule has 0 amide bonds. The quantitative estimate of drug-likeness (QED) is 0.546. The van der Waals surface area contributed by atoms with Crippen LogP contribution in [0.5, 0.6) is 0 Å². The third-order valence-corrected chi connectivity index (χ3v) is 1.82. The van der Waals surface area contributed by atoms with Gasteiger partial charge in [-0.15, -0.1) is 0 Å². The molecule has 1 unspecified atom stereocenters. The molecule has 1 saturated heterocycles. The second kappa shape index (κ2) is 3.85. The van der Waals surface area contributed by atoms with Crippen LogP contribution >= 0.6 is 12.2 Å². The minimum Gasteiger partial charge on any atom is -0.488 e. The van der Waals surface area contributed by atoms with Crippen molar-refractivity contribution in [3.63, 3.8) is 0 Å². The van der Waals surface area contributed by atoms with Gasteiger partial charge in [0.05, 0.1) is 13.7 Å². The topological polar surface area (TPSA) is 30.5 Å². The summed E-state index contributed by atoms with van der Waals surface area (Å²) in [6.45, 7) is 2.39. The fourth-order valence-electron chi connectivity index (χ4n) is 0.848. The lowest BCUT2D eigenvalue weighted by Crippen LogP contribution is -2.42. The lowest BCUT2D eigenvalue weighted by atomic mass is 10.3. The molecule has 0 bridgehead atoms. The Kier molecular flexibility index (Phi) is 3.05. The normalized spacial score (nSPS) is 25.9. The van der Waals surface area contributed by atoms with Gasteiger partial charge in [0.15, 0.2) is 5.05 Å². The first-order valence-electron chi connectivity index (χ1n) is 3.24. The van der Waals surface area contributed by atoms with Crippen LogP contribution in [0.1, 0.15) is 0 Å². The highest BCUT2D eigenvalue weighted by Gasteiger charge is 2.17. The summed E-state index contributed by atoms with van der Waals surface area (Å²) in [6, 6.07) is 0. The molecule has 1 aliphatic heterocycles. The van der Waals surface area contributed by atoms with E-state index in [1.807, 2.05) is 0 Å². The molecule has 0 aromatic heterocycles. The SMILES string of the molecule is COC(=S)C1CNCCO1. The van der Waals surface area contributed by atoms with Crippen molar-refractivity contribution in [1.82, 2.24) is 5.32 Å². The van der Waals surface area contributed by atoms with Crippen molar-refractivity contribution in [2.75, 3.05) is 26.8 Å². The number of methoxy groups -OCH3 is 1. The molecule has 0 spiro atoms. The number of morpholine rings is 1. The second-order valence-corrected chi connectivity index (χ2v) is 2.49. The van der Waals surface area contributed by atoms with E-state index in [1.165, 1.54) is 0 Å².